The first-order chi connectivity index (χ1) is 8.41. The molecule has 2 heterocycles. The van der Waals surface area contributed by atoms with Crippen LogP contribution in [0.25, 0.3) is 11.4 Å². The smallest absolute Gasteiger partial charge is 0.322 e. The first-order valence-electron chi connectivity index (χ1n) is 4.98. The van der Waals surface area contributed by atoms with E-state index >= 15 is 0 Å². The van der Waals surface area contributed by atoms with Crippen molar-refractivity contribution in [2.45, 2.75) is 0 Å². The van der Waals surface area contributed by atoms with Crippen LogP contribution >= 0.6 is 0 Å². The molecule has 0 fully saturated rings. The predicted octanol–water partition coefficient (Wildman–Crippen LogP) is -0.423. The van der Waals surface area contributed by atoms with Gasteiger partial charge in [0.25, 0.3) is 0 Å². The molecule has 0 bridgehead atoms. The first kappa shape index (κ1) is 12.5. The molecule has 0 unspecified atom stereocenters. The highest BCUT2D eigenvalue weighted by Gasteiger charge is 2.18. The van der Waals surface area contributed by atoms with Gasteiger partial charge in [-0.05, 0) is 6.07 Å². The summed E-state index contributed by atoms with van der Waals surface area (Å²) in [6.07, 6.45) is 4.20. The van der Waals surface area contributed by atoms with E-state index in [4.69, 9.17) is 5.73 Å². The number of rotatable bonds is 3. The molecule has 0 aliphatic rings. The van der Waals surface area contributed by atoms with E-state index in [2.05, 4.69) is 15.1 Å². The van der Waals surface area contributed by atoms with Gasteiger partial charge in [0.1, 0.15) is 5.82 Å². The molecule has 0 radical (unpaired) electrons. The average molecular weight is 268 g/mol. The van der Waals surface area contributed by atoms with Crippen LogP contribution in [0.1, 0.15) is 0 Å². The summed E-state index contributed by atoms with van der Waals surface area (Å²) in [5.41, 5.74) is 6.01. The molecule has 2 N–H and O–H groups in total. The van der Waals surface area contributed by atoms with Crippen molar-refractivity contribution in [3.8, 4) is 11.4 Å². The summed E-state index contributed by atoms with van der Waals surface area (Å²) in [7, 11) is -0.774. The molecule has 0 aliphatic heterocycles. The van der Waals surface area contributed by atoms with Crippen molar-refractivity contribution in [1.82, 2.24) is 23.5 Å². The second kappa shape index (κ2) is 4.35. The second-order valence-electron chi connectivity index (χ2n) is 3.70. The summed E-state index contributed by atoms with van der Waals surface area (Å²) in [6, 6.07) is 1.55. The summed E-state index contributed by atoms with van der Waals surface area (Å²) in [5, 5.41) is 3.78. The number of hydrogen-bond donors (Lipinski definition) is 1. The SMILES string of the molecule is CN(C)S(=O)(=O)n1cc(-c2nccc(N)n2)cn1. The fraction of sp³-hybridized carbons (Fsp3) is 0.222. The highest BCUT2D eigenvalue weighted by Crippen LogP contribution is 2.15. The van der Waals surface area contributed by atoms with Crippen molar-refractivity contribution >= 4 is 16.0 Å². The molecule has 0 atom stereocenters. The largest absolute Gasteiger partial charge is 0.384 e. The lowest BCUT2D eigenvalue weighted by Gasteiger charge is -2.09. The van der Waals surface area contributed by atoms with Crippen LogP contribution in [0.4, 0.5) is 5.82 Å². The Morgan fingerprint density at radius 2 is 2.11 bits per heavy atom. The van der Waals surface area contributed by atoms with Gasteiger partial charge in [0.15, 0.2) is 5.82 Å². The number of hydrogen-bond acceptors (Lipinski definition) is 6. The predicted molar refractivity (Wildman–Crippen MR) is 65.7 cm³/mol. The monoisotopic (exact) mass is 268 g/mol. The van der Waals surface area contributed by atoms with Gasteiger partial charge in [-0.25, -0.2) is 9.97 Å². The van der Waals surface area contributed by atoms with Crippen LogP contribution in [0.2, 0.25) is 0 Å². The summed E-state index contributed by atoms with van der Waals surface area (Å²) in [4.78, 5) is 7.99. The van der Waals surface area contributed by atoms with Crippen LogP contribution in [0.15, 0.2) is 24.7 Å². The molecule has 0 spiro atoms. The third-order valence-corrected chi connectivity index (χ3v) is 3.79. The Kier molecular flexibility index (Phi) is 3.01. The Morgan fingerprint density at radius 3 is 2.72 bits per heavy atom. The highest BCUT2D eigenvalue weighted by molar-refractivity contribution is 7.87. The van der Waals surface area contributed by atoms with E-state index < -0.39 is 10.2 Å². The lowest BCUT2D eigenvalue weighted by molar-refractivity contribution is 0.504. The van der Waals surface area contributed by atoms with Crippen molar-refractivity contribution in [1.29, 1.82) is 0 Å². The minimum absolute atomic E-state index is 0.309. The maximum absolute atomic E-state index is 11.8. The van der Waals surface area contributed by atoms with E-state index in [9.17, 15) is 8.42 Å². The van der Waals surface area contributed by atoms with Crippen LogP contribution in [0.3, 0.4) is 0 Å². The molecule has 2 rings (SSSR count). The molecule has 0 saturated carbocycles. The minimum Gasteiger partial charge on any atom is -0.384 e. The molecule has 0 aliphatic carbocycles. The summed E-state index contributed by atoms with van der Waals surface area (Å²) in [6.45, 7) is 0. The molecular weight excluding hydrogens is 256 g/mol. The van der Waals surface area contributed by atoms with Gasteiger partial charge in [0.2, 0.25) is 0 Å². The molecule has 8 nitrogen and oxygen atoms in total. The van der Waals surface area contributed by atoms with E-state index in [1.54, 1.807) is 6.07 Å². The Hall–Kier alpha value is -2.00. The fourth-order valence-electron chi connectivity index (χ4n) is 1.23. The van der Waals surface area contributed by atoms with Gasteiger partial charge in [0.05, 0.1) is 18.0 Å². The van der Waals surface area contributed by atoms with Gasteiger partial charge in [-0.15, -0.1) is 0 Å². The van der Waals surface area contributed by atoms with Gasteiger partial charge in [-0.3, -0.25) is 0 Å². The fourth-order valence-corrected chi connectivity index (χ4v) is 1.97. The lowest BCUT2D eigenvalue weighted by Crippen LogP contribution is -2.29. The molecule has 2 aromatic heterocycles. The molecule has 18 heavy (non-hydrogen) atoms. The Balaban J connectivity index is 2.43. The standard InChI is InChI=1S/C9H12N6O2S/c1-14(2)18(16,17)15-6-7(5-12-15)9-11-4-3-8(10)13-9/h3-6H,1-2H3,(H2,10,11,13). The van der Waals surface area contributed by atoms with Gasteiger partial charge >= 0.3 is 10.2 Å². The topological polar surface area (TPSA) is 107 Å². The maximum atomic E-state index is 11.8. The summed E-state index contributed by atoms with van der Waals surface area (Å²) in [5.74, 6) is 0.637. The van der Waals surface area contributed by atoms with Crippen molar-refractivity contribution in [2.75, 3.05) is 19.8 Å². The number of aromatic nitrogens is 4. The Morgan fingerprint density at radius 1 is 1.39 bits per heavy atom. The van der Waals surface area contributed by atoms with Gasteiger partial charge < -0.3 is 5.73 Å². The third kappa shape index (κ3) is 2.17. The highest BCUT2D eigenvalue weighted by atomic mass is 32.2. The van der Waals surface area contributed by atoms with Gasteiger partial charge in [-0.1, -0.05) is 0 Å². The summed E-state index contributed by atoms with van der Waals surface area (Å²) >= 11 is 0. The van der Waals surface area contributed by atoms with Crippen molar-refractivity contribution in [3.05, 3.63) is 24.7 Å². The Bertz CT molecular complexity index is 663. The van der Waals surface area contributed by atoms with Crippen LogP contribution in [-0.4, -0.2) is 46.0 Å². The third-order valence-electron chi connectivity index (χ3n) is 2.19. The van der Waals surface area contributed by atoms with Crippen molar-refractivity contribution in [3.63, 3.8) is 0 Å². The average Bonchev–Trinajstić information content (AvgIpc) is 2.78. The van der Waals surface area contributed by atoms with E-state index in [0.717, 1.165) is 8.39 Å². The van der Waals surface area contributed by atoms with E-state index in [-0.39, 0.29) is 0 Å². The molecule has 0 saturated heterocycles. The molecule has 0 amide bonds. The quantitative estimate of drug-likeness (QED) is 0.810. The zero-order valence-electron chi connectivity index (χ0n) is 9.85. The normalized spacial score (nSPS) is 11.9. The Labute approximate surface area is 104 Å². The molecule has 2 aromatic rings. The van der Waals surface area contributed by atoms with Crippen LogP contribution in [-0.2, 0) is 10.2 Å². The number of anilines is 1. The number of nitrogens with zero attached hydrogens (tertiary/aromatic N) is 5. The molecule has 0 aromatic carbocycles. The molecule has 96 valence electrons. The maximum Gasteiger partial charge on any atom is 0.322 e. The van der Waals surface area contributed by atoms with Crippen molar-refractivity contribution < 1.29 is 8.42 Å². The number of nitrogens with two attached hydrogens (primary N) is 1. The van der Waals surface area contributed by atoms with E-state index in [1.807, 2.05) is 0 Å². The summed E-state index contributed by atoms with van der Waals surface area (Å²) < 4.78 is 25.5. The molecular formula is C9H12N6O2S. The van der Waals surface area contributed by atoms with Gasteiger partial charge in [0, 0.05) is 20.3 Å². The number of nitrogen functional groups attached to an aromatic ring is 1. The van der Waals surface area contributed by atoms with Crippen molar-refractivity contribution in [2.24, 2.45) is 0 Å². The van der Waals surface area contributed by atoms with Crippen LogP contribution in [0.5, 0.6) is 0 Å². The zero-order chi connectivity index (χ0) is 13.3. The molecule has 9 heteroatoms. The van der Waals surface area contributed by atoms with Crippen LogP contribution in [0, 0.1) is 0 Å². The zero-order valence-corrected chi connectivity index (χ0v) is 10.7. The first-order valence-corrected chi connectivity index (χ1v) is 6.37. The van der Waals surface area contributed by atoms with Gasteiger partial charge in [-0.2, -0.15) is 21.9 Å². The lowest BCUT2D eigenvalue weighted by atomic mass is 10.3. The second-order valence-corrected chi connectivity index (χ2v) is 5.70. The van der Waals surface area contributed by atoms with E-state index in [1.165, 1.54) is 32.7 Å². The van der Waals surface area contributed by atoms with E-state index in [0.29, 0.717) is 17.2 Å². The van der Waals surface area contributed by atoms with Crippen LogP contribution < -0.4 is 5.73 Å². The minimum atomic E-state index is -3.62.